The van der Waals surface area contributed by atoms with Crippen molar-refractivity contribution in [1.29, 1.82) is 0 Å². The van der Waals surface area contributed by atoms with Crippen LogP contribution in [0.3, 0.4) is 0 Å². The highest BCUT2D eigenvalue weighted by atomic mass is 79.9. The highest BCUT2D eigenvalue weighted by molar-refractivity contribution is 9.10. The van der Waals surface area contributed by atoms with Crippen molar-refractivity contribution < 1.29 is 9.53 Å². The fourth-order valence-electron chi connectivity index (χ4n) is 3.41. The van der Waals surface area contributed by atoms with Crippen LogP contribution in [-0.4, -0.2) is 34.3 Å². The lowest BCUT2D eigenvalue weighted by molar-refractivity contribution is 0.0205. The number of hydrogen-bond donors (Lipinski definition) is 0. The summed E-state index contributed by atoms with van der Waals surface area (Å²) in [4.78, 5) is 14.0. The van der Waals surface area contributed by atoms with Crippen LogP contribution >= 0.6 is 15.9 Å². The summed E-state index contributed by atoms with van der Waals surface area (Å²) < 4.78 is 8.77. The fraction of sp³-hybridized carbons (Fsp3) is 0.526. The monoisotopic (exact) mass is 392 g/mol. The topological polar surface area (TPSA) is 34.5 Å². The molecule has 1 aliphatic heterocycles. The summed E-state index contributed by atoms with van der Waals surface area (Å²) in [5, 5.41) is 1.32. The minimum Gasteiger partial charge on any atom is -0.444 e. The molecule has 2 heterocycles. The Hall–Kier alpha value is -1.49. The van der Waals surface area contributed by atoms with Gasteiger partial charge in [-0.15, -0.1) is 0 Å². The molecule has 0 unspecified atom stereocenters. The summed E-state index contributed by atoms with van der Waals surface area (Å²) in [6.45, 7) is 7.24. The molecule has 0 bridgehead atoms. The Labute approximate surface area is 151 Å². The quantitative estimate of drug-likeness (QED) is 0.679. The maximum Gasteiger partial charge on any atom is 0.410 e. The second kappa shape index (κ2) is 6.43. The van der Waals surface area contributed by atoms with Gasteiger partial charge in [0, 0.05) is 41.7 Å². The molecule has 130 valence electrons. The number of fused-ring (bicyclic) bond motifs is 1. The van der Waals surface area contributed by atoms with Crippen LogP contribution in [0.5, 0.6) is 0 Å². The van der Waals surface area contributed by atoms with Gasteiger partial charge in [0.05, 0.1) is 0 Å². The molecule has 1 fully saturated rings. The Morgan fingerprint density at radius 2 is 1.92 bits per heavy atom. The molecule has 1 saturated heterocycles. The van der Waals surface area contributed by atoms with Gasteiger partial charge in [0.15, 0.2) is 0 Å². The summed E-state index contributed by atoms with van der Waals surface area (Å²) in [7, 11) is 2.09. The molecule has 1 amide bonds. The number of hydrogen-bond acceptors (Lipinski definition) is 2. The zero-order chi connectivity index (χ0) is 17.5. The summed E-state index contributed by atoms with van der Waals surface area (Å²) in [5.74, 6) is 0.494. The van der Waals surface area contributed by atoms with Crippen molar-refractivity contribution in [2.45, 2.75) is 45.1 Å². The largest absolute Gasteiger partial charge is 0.444 e. The summed E-state index contributed by atoms with van der Waals surface area (Å²) in [5.41, 5.74) is 2.20. The van der Waals surface area contributed by atoms with Gasteiger partial charge in [-0.3, -0.25) is 0 Å². The van der Waals surface area contributed by atoms with Gasteiger partial charge in [-0.1, -0.05) is 22.0 Å². The molecule has 0 saturated carbocycles. The average molecular weight is 393 g/mol. The normalized spacial score (nSPS) is 16.6. The molecule has 0 radical (unpaired) electrons. The number of carbonyl (C=O) groups is 1. The first-order valence-corrected chi connectivity index (χ1v) is 9.26. The number of rotatable bonds is 1. The second-order valence-corrected chi connectivity index (χ2v) is 8.51. The van der Waals surface area contributed by atoms with E-state index in [0.29, 0.717) is 5.92 Å². The van der Waals surface area contributed by atoms with E-state index in [-0.39, 0.29) is 6.09 Å². The first-order valence-electron chi connectivity index (χ1n) is 8.47. The van der Waals surface area contributed by atoms with Crippen LogP contribution < -0.4 is 0 Å². The van der Waals surface area contributed by atoms with Gasteiger partial charge in [-0.2, -0.15) is 0 Å². The minimum absolute atomic E-state index is 0.192. The molecule has 1 aromatic heterocycles. The van der Waals surface area contributed by atoms with Gasteiger partial charge in [0.1, 0.15) is 5.60 Å². The number of carbonyl (C=O) groups excluding carboxylic acids is 1. The Bertz CT molecular complexity index is 753. The maximum atomic E-state index is 12.2. The van der Waals surface area contributed by atoms with E-state index in [1.165, 1.54) is 16.5 Å². The molecule has 3 rings (SSSR count). The fourth-order valence-corrected chi connectivity index (χ4v) is 3.76. The molecule has 5 heteroatoms. The molecule has 0 atom stereocenters. The van der Waals surface area contributed by atoms with Gasteiger partial charge in [-0.05, 0) is 57.2 Å². The third-order valence-electron chi connectivity index (χ3n) is 4.57. The van der Waals surface area contributed by atoms with E-state index < -0.39 is 5.60 Å². The highest BCUT2D eigenvalue weighted by Gasteiger charge is 2.28. The maximum absolute atomic E-state index is 12.2. The summed E-state index contributed by atoms with van der Waals surface area (Å²) >= 11 is 3.55. The Balaban J connectivity index is 1.72. The number of ether oxygens (including phenoxy) is 1. The van der Waals surface area contributed by atoms with Crippen LogP contribution in [0.25, 0.3) is 10.9 Å². The van der Waals surface area contributed by atoms with Crippen molar-refractivity contribution in [3.05, 3.63) is 34.4 Å². The predicted octanol–water partition coefficient (Wildman–Crippen LogP) is 5.06. The summed E-state index contributed by atoms with van der Waals surface area (Å²) in [6.07, 6.45) is 4.01. The predicted molar refractivity (Wildman–Crippen MR) is 100 cm³/mol. The average Bonchev–Trinajstić information content (AvgIpc) is 2.82. The van der Waals surface area contributed by atoms with Gasteiger partial charge in [-0.25, -0.2) is 4.79 Å². The number of aryl methyl sites for hydroxylation is 1. The Morgan fingerprint density at radius 1 is 1.25 bits per heavy atom. The molecular weight excluding hydrogens is 368 g/mol. The van der Waals surface area contributed by atoms with E-state index in [1.807, 2.05) is 25.7 Å². The molecule has 4 nitrogen and oxygen atoms in total. The van der Waals surface area contributed by atoms with E-state index in [1.54, 1.807) is 0 Å². The molecule has 0 aliphatic carbocycles. The molecular formula is C19H25BrN2O2. The van der Waals surface area contributed by atoms with Gasteiger partial charge < -0.3 is 14.2 Å². The molecule has 0 N–H and O–H groups in total. The number of halogens is 1. The van der Waals surface area contributed by atoms with Crippen LogP contribution in [-0.2, 0) is 11.8 Å². The zero-order valence-electron chi connectivity index (χ0n) is 14.8. The molecule has 1 aliphatic rings. The first-order chi connectivity index (χ1) is 11.2. The van der Waals surface area contributed by atoms with Crippen molar-refractivity contribution in [3.63, 3.8) is 0 Å². The Morgan fingerprint density at radius 3 is 2.54 bits per heavy atom. The highest BCUT2D eigenvalue weighted by Crippen LogP contribution is 2.35. The smallest absolute Gasteiger partial charge is 0.410 e. The van der Waals surface area contributed by atoms with E-state index in [2.05, 4.69) is 51.9 Å². The first kappa shape index (κ1) is 17.3. The number of aromatic nitrogens is 1. The summed E-state index contributed by atoms with van der Waals surface area (Å²) in [6, 6.07) is 6.45. The van der Waals surface area contributed by atoms with E-state index in [9.17, 15) is 4.79 Å². The third-order valence-corrected chi connectivity index (χ3v) is 5.06. The van der Waals surface area contributed by atoms with Gasteiger partial charge >= 0.3 is 6.09 Å². The SMILES string of the molecule is Cn1cc(C2CCN(C(=O)OC(C)(C)C)CC2)c2ccc(Br)cc21. The zero-order valence-corrected chi connectivity index (χ0v) is 16.4. The van der Waals surface area contributed by atoms with Crippen LogP contribution in [0, 0.1) is 0 Å². The van der Waals surface area contributed by atoms with Crippen molar-refractivity contribution >= 4 is 32.9 Å². The standard InChI is InChI=1S/C19H25BrN2O2/c1-19(2,3)24-18(23)22-9-7-13(8-10-22)16-12-21(4)17-11-14(20)5-6-15(16)17/h5-6,11-13H,7-10H2,1-4H3. The van der Waals surface area contributed by atoms with Crippen molar-refractivity contribution in [2.24, 2.45) is 7.05 Å². The van der Waals surface area contributed by atoms with E-state index in [4.69, 9.17) is 4.74 Å². The van der Waals surface area contributed by atoms with E-state index >= 15 is 0 Å². The second-order valence-electron chi connectivity index (χ2n) is 7.60. The van der Waals surface area contributed by atoms with Crippen LogP contribution in [0.15, 0.2) is 28.9 Å². The van der Waals surface area contributed by atoms with Gasteiger partial charge in [0.2, 0.25) is 0 Å². The molecule has 0 spiro atoms. The van der Waals surface area contributed by atoms with Crippen molar-refractivity contribution in [3.8, 4) is 0 Å². The van der Waals surface area contributed by atoms with E-state index in [0.717, 1.165) is 30.4 Å². The van der Waals surface area contributed by atoms with Gasteiger partial charge in [0.25, 0.3) is 0 Å². The number of likely N-dealkylation sites (tertiary alicyclic amines) is 1. The molecule has 24 heavy (non-hydrogen) atoms. The lowest BCUT2D eigenvalue weighted by atomic mass is 9.89. The third kappa shape index (κ3) is 3.61. The lowest BCUT2D eigenvalue weighted by Gasteiger charge is -2.33. The number of nitrogens with zero attached hydrogens (tertiary/aromatic N) is 2. The minimum atomic E-state index is -0.434. The Kier molecular flexibility index (Phi) is 4.65. The number of amides is 1. The van der Waals surface area contributed by atoms with Crippen LogP contribution in [0.4, 0.5) is 4.79 Å². The van der Waals surface area contributed by atoms with Crippen LogP contribution in [0.1, 0.15) is 45.1 Å². The lowest BCUT2D eigenvalue weighted by Crippen LogP contribution is -2.41. The number of piperidine rings is 1. The molecule has 1 aromatic carbocycles. The van der Waals surface area contributed by atoms with Crippen molar-refractivity contribution in [2.75, 3.05) is 13.1 Å². The van der Waals surface area contributed by atoms with Crippen LogP contribution in [0.2, 0.25) is 0 Å². The van der Waals surface area contributed by atoms with Crippen molar-refractivity contribution in [1.82, 2.24) is 9.47 Å². The molecule has 2 aromatic rings. The number of benzene rings is 1.